The van der Waals surface area contributed by atoms with E-state index in [4.69, 9.17) is 10.5 Å². The standard InChI is InChI=1S/C14H28N2O3S/c1-20(17,18)16-9-5-6-12(10-16)11-19-14-8-4-2-3-7-13(14)15/h12-14H,2-11,15H2,1H3. The molecule has 2 N–H and O–H groups in total. The molecule has 2 fully saturated rings. The number of sulfonamides is 1. The van der Waals surface area contributed by atoms with Gasteiger partial charge in [-0.3, -0.25) is 0 Å². The maximum Gasteiger partial charge on any atom is 0.211 e. The lowest BCUT2D eigenvalue weighted by molar-refractivity contribution is 0.000605. The number of piperidine rings is 1. The Kier molecular flexibility index (Phi) is 5.84. The van der Waals surface area contributed by atoms with E-state index in [9.17, 15) is 8.42 Å². The molecular weight excluding hydrogens is 276 g/mol. The molecule has 1 saturated carbocycles. The van der Waals surface area contributed by atoms with E-state index in [2.05, 4.69) is 0 Å². The maximum absolute atomic E-state index is 11.6. The van der Waals surface area contributed by atoms with Crippen molar-refractivity contribution in [3.05, 3.63) is 0 Å². The van der Waals surface area contributed by atoms with Gasteiger partial charge in [-0.15, -0.1) is 0 Å². The van der Waals surface area contributed by atoms with Crippen molar-refractivity contribution in [3.63, 3.8) is 0 Å². The summed E-state index contributed by atoms with van der Waals surface area (Å²) in [5, 5.41) is 0. The van der Waals surface area contributed by atoms with Gasteiger partial charge >= 0.3 is 0 Å². The Bertz CT molecular complexity index is 399. The second-order valence-corrected chi connectivity index (χ2v) is 8.29. The summed E-state index contributed by atoms with van der Waals surface area (Å²) in [5.41, 5.74) is 6.16. The van der Waals surface area contributed by atoms with Crippen LogP contribution in [-0.4, -0.2) is 50.8 Å². The lowest BCUT2D eigenvalue weighted by Gasteiger charge is -2.32. The summed E-state index contributed by atoms with van der Waals surface area (Å²) in [5.74, 6) is 0.314. The highest BCUT2D eigenvalue weighted by atomic mass is 32.2. The molecule has 1 aliphatic carbocycles. The Hall–Kier alpha value is -0.170. The van der Waals surface area contributed by atoms with Gasteiger partial charge < -0.3 is 10.5 Å². The molecule has 0 aromatic rings. The molecule has 0 bridgehead atoms. The molecule has 3 atom stereocenters. The monoisotopic (exact) mass is 304 g/mol. The van der Waals surface area contributed by atoms with Gasteiger partial charge in [-0.2, -0.15) is 0 Å². The number of hydrogen-bond acceptors (Lipinski definition) is 4. The van der Waals surface area contributed by atoms with E-state index in [1.54, 1.807) is 4.31 Å². The van der Waals surface area contributed by atoms with Crippen LogP contribution in [0.2, 0.25) is 0 Å². The van der Waals surface area contributed by atoms with Crippen LogP contribution in [0.25, 0.3) is 0 Å². The van der Waals surface area contributed by atoms with Crippen molar-refractivity contribution in [2.24, 2.45) is 11.7 Å². The zero-order chi connectivity index (χ0) is 14.6. The molecule has 0 amide bonds. The van der Waals surface area contributed by atoms with Crippen molar-refractivity contribution in [3.8, 4) is 0 Å². The highest BCUT2D eigenvalue weighted by molar-refractivity contribution is 7.88. The molecule has 1 aliphatic heterocycles. The SMILES string of the molecule is CS(=O)(=O)N1CCCC(COC2CCCCCC2N)C1. The number of rotatable bonds is 4. The van der Waals surface area contributed by atoms with Crippen LogP contribution in [0.5, 0.6) is 0 Å². The number of nitrogens with two attached hydrogens (primary N) is 1. The summed E-state index contributed by atoms with van der Waals surface area (Å²) < 4.78 is 30.8. The molecule has 6 heteroatoms. The Morgan fingerprint density at radius 2 is 1.90 bits per heavy atom. The molecule has 0 aromatic carbocycles. The van der Waals surface area contributed by atoms with Crippen LogP contribution in [0.15, 0.2) is 0 Å². The van der Waals surface area contributed by atoms with E-state index in [-0.39, 0.29) is 12.1 Å². The summed E-state index contributed by atoms with van der Waals surface area (Å²) in [6, 6.07) is 0.145. The van der Waals surface area contributed by atoms with Crippen molar-refractivity contribution in [2.45, 2.75) is 57.1 Å². The summed E-state index contributed by atoms with van der Waals surface area (Å²) >= 11 is 0. The fraction of sp³-hybridized carbons (Fsp3) is 1.00. The minimum atomic E-state index is -3.07. The molecule has 0 spiro atoms. The largest absolute Gasteiger partial charge is 0.376 e. The molecule has 1 heterocycles. The first-order chi connectivity index (χ1) is 9.47. The molecule has 3 unspecified atom stereocenters. The normalized spacial score (nSPS) is 33.8. The number of nitrogens with zero attached hydrogens (tertiary/aromatic N) is 1. The van der Waals surface area contributed by atoms with Crippen LogP contribution >= 0.6 is 0 Å². The van der Waals surface area contributed by atoms with Crippen molar-refractivity contribution in [1.82, 2.24) is 4.31 Å². The molecule has 1 saturated heterocycles. The smallest absolute Gasteiger partial charge is 0.211 e. The first kappa shape index (κ1) is 16.2. The number of hydrogen-bond donors (Lipinski definition) is 1. The molecule has 118 valence electrons. The molecule has 2 rings (SSSR count). The highest BCUT2D eigenvalue weighted by Gasteiger charge is 2.28. The van der Waals surface area contributed by atoms with E-state index in [0.29, 0.717) is 25.6 Å². The van der Waals surface area contributed by atoms with Crippen LogP contribution < -0.4 is 5.73 Å². The predicted octanol–water partition coefficient (Wildman–Crippen LogP) is 1.33. The molecule has 0 aromatic heterocycles. The van der Waals surface area contributed by atoms with Gasteiger partial charge in [0.05, 0.1) is 19.0 Å². The molecule has 0 radical (unpaired) electrons. The van der Waals surface area contributed by atoms with Gasteiger partial charge in [-0.25, -0.2) is 12.7 Å². The Morgan fingerprint density at radius 1 is 1.15 bits per heavy atom. The van der Waals surface area contributed by atoms with Gasteiger partial charge in [-0.1, -0.05) is 19.3 Å². The van der Waals surface area contributed by atoms with Gasteiger partial charge in [-0.05, 0) is 31.6 Å². The predicted molar refractivity (Wildman–Crippen MR) is 79.9 cm³/mol. The molecule has 20 heavy (non-hydrogen) atoms. The third-order valence-corrected chi connectivity index (χ3v) is 5.77. The van der Waals surface area contributed by atoms with E-state index < -0.39 is 10.0 Å². The van der Waals surface area contributed by atoms with E-state index >= 15 is 0 Å². The van der Waals surface area contributed by atoms with E-state index in [1.807, 2.05) is 0 Å². The minimum Gasteiger partial charge on any atom is -0.376 e. The molecule has 2 aliphatic rings. The van der Waals surface area contributed by atoms with Crippen LogP contribution in [0, 0.1) is 5.92 Å². The van der Waals surface area contributed by atoms with Crippen LogP contribution in [0.4, 0.5) is 0 Å². The highest BCUT2D eigenvalue weighted by Crippen LogP contribution is 2.23. The first-order valence-electron chi connectivity index (χ1n) is 7.79. The van der Waals surface area contributed by atoms with Gasteiger partial charge in [0, 0.05) is 19.1 Å². The van der Waals surface area contributed by atoms with Crippen LogP contribution in [0.1, 0.15) is 44.9 Å². The Labute approximate surface area is 122 Å². The Balaban J connectivity index is 1.81. The number of ether oxygens (including phenoxy) is 1. The fourth-order valence-electron chi connectivity index (χ4n) is 3.23. The van der Waals surface area contributed by atoms with E-state index in [1.165, 1.54) is 25.5 Å². The average Bonchev–Trinajstić information content (AvgIpc) is 2.60. The van der Waals surface area contributed by atoms with Gasteiger partial charge in [0.1, 0.15) is 0 Å². The van der Waals surface area contributed by atoms with Gasteiger partial charge in [0.15, 0.2) is 0 Å². The molecular formula is C14H28N2O3S. The van der Waals surface area contributed by atoms with Crippen LogP contribution in [0.3, 0.4) is 0 Å². The van der Waals surface area contributed by atoms with Crippen molar-refractivity contribution in [1.29, 1.82) is 0 Å². The minimum absolute atomic E-state index is 0.145. The van der Waals surface area contributed by atoms with E-state index in [0.717, 1.165) is 25.7 Å². The van der Waals surface area contributed by atoms with Crippen molar-refractivity contribution >= 4 is 10.0 Å². The average molecular weight is 304 g/mol. The quantitative estimate of drug-likeness (QED) is 0.795. The lowest BCUT2D eigenvalue weighted by atomic mass is 10.0. The maximum atomic E-state index is 11.6. The third-order valence-electron chi connectivity index (χ3n) is 4.50. The van der Waals surface area contributed by atoms with Crippen LogP contribution in [-0.2, 0) is 14.8 Å². The summed E-state index contributed by atoms with van der Waals surface area (Å²) in [4.78, 5) is 0. The summed E-state index contributed by atoms with van der Waals surface area (Å²) in [6.45, 7) is 1.89. The zero-order valence-electron chi connectivity index (χ0n) is 12.5. The van der Waals surface area contributed by atoms with Crippen molar-refractivity contribution in [2.75, 3.05) is 26.0 Å². The second-order valence-electron chi connectivity index (χ2n) is 6.30. The fourth-order valence-corrected chi connectivity index (χ4v) is 4.18. The first-order valence-corrected chi connectivity index (χ1v) is 9.64. The zero-order valence-corrected chi connectivity index (χ0v) is 13.3. The van der Waals surface area contributed by atoms with Crippen molar-refractivity contribution < 1.29 is 13.2 Å². The lowest BCUT2D eigenvalue weighted by Crippen LogP contribution is -2.42. The van der Waals surface area contributed by atoms with Gasteiger partial charge in [0.25, 0.3) is 0 Å². The third kappa shape index (κ3) is 4.69. The summed E-state index contributed by atoms with van der Waals surface area (Å²) in [7, 11) is -3.07. The summed E-state index contributed by atoms with van der Waals surface area (Å²) in [6.07, 6.45) is 9.16. The Morgan fingerprint density at radius 3 is 2.65 bits per heavy atom. The molecule has 5 nitrogen and oxygen atoms in total. The topological polar surface area (TPSA) is 72.6 Å². The van der Waals surface area contributed by atoms with Gasteiger partial charge in [0.2, 0.25) is 10.0 Å². The second kappa shape index (κ2) is 7.20.